The minimum Gasteiger partial charge on any atom is -0.482 e. The second-order valence-electron chi connectivity index (χ2n) is 8.79. The highest BCUT2D eigenvalue weighted by Gasteiger charge is 2.16. The Morgan fingerprint density at radius 3 is 2.57 bits per heavy atom. The first-order valence-corrected chi connectivity index (χ1v) is 12.0. The molecule has 6 rings (SSSR count). The second-order valence-corrected chi connectivity index (χ2v) is 8.79. The number of hydrogen-bond donors (Lipinski definition) is 0. The smallest absolute Gasteiger partial charge is 0.343 e. The zero-order valence-electron chi connectivity index (χ0n) is 20.3. The number of fused-ring (bicyclic) bond motifs is 2. The lowest BCUT2D eigenvalue weighted by Gasteiger charge is -2.07. The largest absolute Gasteiger partial charge is 0.482 e. The molecule has 0 radical (unpaired) electrons. The molecule has 6 heteroatoms. The van der Waals surface area contributed by atoms with Crippen LogP contribution in [-0.2, 0) is 16.1 Å². The van der Waals surface area contributed by atoms with Crippen LogP contribution >= 0.6 is 0 Å². The van der Waals surface area contributed by atoms with Crippen molar-refractivity contribution in [2.45, 2.75) is 6.54 Å². The lowest BCUT2D eigenvalue weighted by molar-refractivity contribution is -0.142. The minimum atomic E-state index is -0.417. The molecule has 0 saturated carbocycles. The first-order chi connectivity index (χ1) is 18.2. The molecule has 0 amide bonds. The van der Waals surface area contributed by atoms with Gasteiger partial charge in [-0.15, -0.1) is 0 Å². The van der Waals surface area contributed by atoms with Crippen LogP contribution in [0, 0.1) is 0 Å². The zero-order valence-corrected chi connectivity index (χ0v) is 20.3. The third-order valence-electron chi connectivity index (χ3n) is 6.40. The highest BCUT2D eigenvalue weighted by Crippen LogP contribution is 2.34. The van der Waals surface area contributed by atoms with E-state index in [1.807, 2.05) is 42.5 Å². The molecule has 0 saturated heterocycles. The van der Waals surface area contributed by atoms with Gasteiger partial charge in [-0.1, -0.05) is 66.7 Å². The second kappa shape index (κ2) is 9.66. The number of aromatic nitrogens is 2. The molecule has 6 aromatic rings. The topological polar surface area (TPSA) is 66.5 Å². The van der Waals surface area contributed by atoms with Gasteiger partial charge in [0.05, 0.1) is 18.9 Å². The first kappa shape index (κ1) is 22.6. The summed E-state index contributed by atoms with van der Waals surface area (Å²) < 4.78 is 18.6. The monoisotopic (exact) mass is 488 g/mol. The molecule has 182 valence electrons. The van der Waals surface area contributed by atoms with E-state index in [0.717, 1.165) is 39.3 Å². The van der Waals surface area contributed by atoms with Crippen LogP contribution in [0.1, 0.15) is 5.56 Å². The molecular weight excluding hydrogens is 464 g/mol. The van der Waals surface area contributed by atoms with Gasteiger partial charge in [0.1, 0.15) is 5.75 Å². The quantitative estimate of drug-likeness (QED) is 0.234. The van der Waals surface area contributed by atoms with Crippen molar-refractivity contribution in [1.29, 1.82) is 0 Å². The predicted molar refractivity (Wildman–Crippen MR) is 143 cm³/mol. The van der Waals surface area contributed by atoms with Gasteiger partial charge in [0.25, 0.3) is 0 Å². The number of benzene rings is 4. The van der Waals surface area contributed by atoms with Gasteiger partial charge in [0.2, 0.25) is 5.89 Å². The number of methoxy groups -OCH3 is 1. The van der Waals surface area contributed by atoms with Crippen molar-refractivity contribution in [2.24, 2.45) is 0 Å². The van der Waals surface area contributed by atoms with Crippen molar-refractivity contribution in [1.82, 2.24) is 9.55 Å². The fourth-order valence-corrected chi connectivity index (χ4v) is 4.53. The predicted octanol–water partition coefficient (Wildman–Crippen LogP) is 6.72. The van der Waals surface area contributed by atoms with Gasteiger partial charge in [-0.05, 0) is 40.6 Å². The molecule has 6 nitrogen and oxygen atoms in total. The number of hydrogen-bond acceptors (Lipinski definition) is 5. The van der Waals surface area contributed by atoms with Crippen LogP contribution in [0.15, 0.2) is 108 Å². The Hall–Kier alpha value is -4.84. The van der Waals surface area contributed by atoms with Gasteiger partial charge in [0, 0.05) is 29.2 Å². The molecular formula is C31H24N2O4. The highest BCUT2D eigenvalue weighted by atomic mass is 16.6. The summed E-state index contributed by atoms with van der Waals surface area (Å²) in [5, 5.41) is 3.12. The Balaban J connectivity index is 1.30. The standard InChI is InChI=1S/C31H24N2O4/c1-35-30(34)20-36-25-14-13-22-15-24(12-11-23(22)16-25)29-17-32-31(37-29)27-19-33(18-21-7-3-2-4-8-21)28-10-6-5-9-26(27)28/h2-17,19H,18,20H2,1H3. The summed E-state index contributed by atoms with van der Waals surface area (Å²) in [5.41, 5.74) is 4.27. The molecule has 37 heavy (non-hydrogen) atoms. The fourth-order valence-electron chi connectivity index (χ4n) is 4.53. The van der Waals surface area contributed by atoms with E-state index in [-0.39, 0.29) is 6.61 Å². The van der Waals surface area contributed by atoms with Crippen molar-refractivity contribution in [3.63, 3.8) is 0 Å². The molecule has 4 aromatic carbocycles. The summed E-state index contributed by atoms with van der Waals surface area (Å²) in [6.45, 7) is 0.646. The zero-order chi connectivity index (χ0) is 25.2. The molecule has 0 N–H and O–H groups in total. The van der Waals surface area contributed by atoms with Gasteiger partial charge in [0.15, 0.2) is 12.4 Å². The highest BCUT2D eigenvalue weighted by molar-refractivity contribution is 5.94. The SMILES string of the molecule is COC(=O)COc1ccc2cc(-c3cnc(-c4cn(Cc5ccccc5)c5ccccc45)o3)ccc2c1. The number of carbonyl (C=O) groups is 1. The van der Waals surface area contributed by atoms with Crippen LogP contribution < -0.4 is 4.74 Å². The fraction of sp³-hybridized carbons (Fsp3) is 0.0968. The van der Waals surface area contributed by atoms with Gasteiger partial charge in [-0.2, -0.15) is 0 Å². The maximum absolute atomic E-state index is 11.3. The normalized spacial score (nSPS) is 11.2. The molecule has 2 heterocycles. The third-order valence-corrected chi connectivity index (χ3v) is 6.40. The summed E-state index contributed by atoms with van der Waals surface area (Å²) in [5.74, 6) is 1.48. The number of esters is 1. The Bertz CT molecular complexity index is 1720. The van der Waals surface area contributed by atoms with Gasteiger partial charge in [-0.25, -0.2) is 9.78 Å². The third kappa shape index (κ3) is 4.57. The number of ether oxygens (including phenoxy) is 2. The molecule has 0 aliphatic carbocycles. The maximum atomic E-state index is 11.3. The summed E-state index contributed by atoms with van der Waals surface area (Å²) in [4.78, 5) is 16.0. The van der Waals surface area contributed by atoms with Crippen molar-refractivity contribution in [3.8, 4) is 28.5 Å². The van der Waals surface area contributed by atoms with E-state index in [9.17, 15) is 4.79 Å². The Labute approximate surface area is 213 Å². The molecule has 0 bridgehead atoms. The average Bonchev–Trinajstić information content (AvgIpc) is 3.57. The number of para-hydroxylation sites is 1. The van der Waals surface area contributed by atoms with Crippen LogP contribution in [0.4, 0.5) is 0 Å². The van der Waals surface area contributed by atoms with E-state index in [1.165, 1.54) is 12.7 Å². The maximum Gasteiger partial charge on any atom is 0.343 e. The van der Waals surface area contributed by atoms with E-state index in [4.69, 9.17) is 9.15 Å². The van der Waals surface area contributed by atoms with E-state index in [0.29, 0.717) is 17.4 Å². The Kier molecular flexibility index (Phi) is 5.91. The van der Waals surface area contributed by atoms with Crippen molar-refractivity contribution < 1.29 is 18.7 Å². The van der Waals surface area contributed by atoms with Crippen LogP contribution in [-0.4, -0.2) is 29.2 Å². The van der Waals surface area contributed by atoms with Gasteiger partial charge < -0.3 is 18.5 Å². The molecule has 0 aliphatic heterocycles. The number of nitrogens with zero attached hydrogens (tertiary/aromatic N) is 2. The van der Waals surface area contributed by atoms with Crippen molar-refractivity contribution in [2.75, 3.05) is 13.7 Å². The van der Waals surface area contributed by atoms with E-state index >= 15 is 0 Å². The van der Waals surface area contributed by atoms with Crippen molar-refractivity contribution in [3.05, 3.63) is 109 Å². The molecule has 0 atom stereocenters. The van der Waals surface area contributed by atoms with Crippen molar-refractivity contribution >= 4 is 27.6 Å². The Morgan fingerprint density at radius 2 is 1.70 bits per heavy atom. The lowest BCUT2D eigenvalue weighted by atomic mass is 10.1. The summed E-state index contributed by atoms with van der Waals surface area (Å²) in [6.07, 6.45) is 3.89. The van der Waals surface area contributed by atoms with E-state index < -0.39 is 5.97 Å². The number of carbonyl (C=O) groups excluding carboxylic acids is 1. The van der Waals surface area contributed by atoms with Gasteiger partial charge >= 0.3 is 5.97 Å². The molecule has 0 unspecified atom stereocenters. The van der Waals surface area contributed by atoms with Crippen LogP contribution in [0.25, 0.3) is 44.5 Å². The molecule has 0 spiro atoms. The number of oxazole rings is 1. The summed E-state index contributed by atoms with van der Waals surface area (Å²) >= 11 is 0. The van der Waals surface area contributed by atoms with E-state index in [2.05, 4.69) is 69.0 Å². The average molecular weight is 489 g/mol. The molecule has 2 aromatic heterocycles. The lowest BCUT2D eigenvalue weighted by Crippen LogP contribution is -2.12. The molecule has 0 fully saturated rings. The van der Waals surface area contributed by atoms with E-state index in [1.54, 1.807) is 6.20 Å². The van der Waals surface area contributed by atoms with Crippen LogP contribution in [0.3, 0.4) is 0 Å². The number of rotatable bonds is 7. The Morgan fingerprint density at radius 1 is 0.919 bits per heavy atom. The van der Waals surface area contributed by atoms with Crippen LogP contribution in [0.5, 0.6) is 5.75 Å². The van der Waals surface area contributed by atoms with Gasteiger partial charge in [-0.3, -0.25) is 0 Å². The molecule has 0 aliphatic rings. The van der Waals surface area contributed by atoms with Crippen LogP contribution in [0.2, 0.25) is 0 Å². The minimum absolute atomic E-state index is 0.122. The first-order valence-electron chi connectivity index (χ1n) is 12.0. The summed E-state index contributed by atoms with van der Waals surface area (Å²) in [6, 6.07) is 30.5. The summed E-state index contributed by atoms with van der Waals surface area (Å²) in [7, 11) is 1.34.